The maximum Gasteiger partial charge on any atom is 0.228 e. The maximum atomic E-state index is 12.7. The molecule has 1 aromatic heterocycles. The Kier molecular flexibility index (Phi) is 4.39. The maximum absolute atomic E-state index is 12.7. The lowest BCUT2D eigenvalue weighted by atomic mass is 10.1. The third-order valence-corrected chi connectivity index (χ3v) is 4.19. The van der Waals surface area contributed by atoms with Gasteiger partial charge in [-0.2, -0.15) is 0 Å². The first-order chi connectivity index (χ1) is 10.6. The minimum absolute atomic E-state index is 0.0100. The number of ether oxygens (including phenoxy) is 1. The minimum Gasteiger partial charge on any atom is -0.381 e. The number of benzene rings is 1. The zero-order valence-electron chi connectivity index (χ0n) is 13.2. The average Bonchev–Trinajstić information content (AvgIpc) is 3.06. The second-order valence-electron chi connectivity index (χ2n) is 6.16. The number of hydrogen-bond acceptors (Lipinski definition) is 3. The molecule has 1 atom stereocenters. The fourth-order valence-corrected chi connectivity index (χ4v) is 2.88. The van der Waals surface area contributed by atoms with Crippen LogP contribution < -0.4 is 0 Å². The Morgan fingerprint density at radius 3 is 2.95 bits per heavy atom. The average molecular weight is 298 g/mol. The van der Waals surface area contributed by atoms with Crippen LogP contribution in [0.4, 0.5) is 0 Å². The van der Waals surface area contributed by atoms with Crippen LogP contribution in [0.3, 0.4) is 0 Å². The van der Waals surface area contributed by atoms with Gasteiger partial charge in [0.25, 0.3) is 0 Å². The van der Waals surface area contributed by atoms with E-state index in [0.29, 0.717) is 19.8 Å². The number of pyridine rings is 1. The second kappa shape index (κ2) is 6.44. The lowest BCUT2D eigenvalue weighted by Crippen LogP contribution is -2.40. The van der Waals surface area contributed by atoms with Gasteiger partial charge in [0.2, 0.25) is 5.91 Å². The fraction of sp³-hybridized carbons (Fsp3) is 0.444. The molecule has 0 unspecified atom stereocenters. The van der Waals surface area contributed by atoms with Gasteiger partial charge in [-0.25, -0.2) is 0 Å². The second-order valence-corrected chi connectivity index (χ2v) is 6.16. The summed E-state index contributed by atoms with van der Waals surface area (Å²) in [5.41, 5.74) is 2.05. The molecule has 1 aromatic carbocycles. The van der Waals surface area contributed by atoms with Gasteiger partial charge in [-0.3, -0.25) is 9.78 Å². The lowest BCUT2D eigenvalue weighted by Gasteiger charge is -2.29. The molecule has 0 spiro atoms. The van der Waals surface area contributed by atoms with E-state index < -0.39 is 0 Å². The number of para-hydroxylation sites is 1. The molecule has 2 aromatic rings. The molecular weight excluding hydrogens is 276 g/mol. The van der Waals surface area contributed by atoms with E-state index in [1.54, 1.807) is 0 Å². The standard InChI is InChI=1S/C18H22N2O2/c1-13(2)20(18(21)16-7-8-22-12-16)11-14-9-15-5-3-4-6-17(15)19-10-14/h3-6,9-10,13,16H,7-8,11-12H2,1-2H3/t16-/m0/s1. The van der Waals surface area contributed by atoms with E-state index in [9.17, 15) is 4.79 Å². The molecule has 1 aliphatic heterocycles. The van der Waals surface area contributed by atoms with Gasteiger partial charge in [-0.15, -0.1) is 0 Å². The topological polar surface area (TPSA) is 42.4 Å². The molecule has 4 heteroatoms. The van der Waals surface area contributed by atoms with E-state index >= 15 is 0 Å². The Morgan fingerprint density at radius 1 is 1.41 bits per heavy atom. The summed E-state index contributed by atoms with van der Waals surface area (Å²) < 4.78 is 5.36. The van der Waals surface area contributed by atoms with Gasteiger partial charge in [-0.05, 0) is 38.0 Å². The van der Waals surface area contributed by atoms with E-state index in [0.717, 1.165) is 22.9 Å². The summed E-state index contributed by atoms with van der Waals surface area (Å²) in [5, 5.41) is 1.11. The first-order valence-corrected chi connectivity index (χ1v) is 7.87. The van der Waals surface area contributed by atoms with Crippen LogP contribution in [0.25, 0.3) is 10.9 Å². The number of fused-ring (bicyclic) bond motifs is 1. The molecule has 1 aliphatic rings. The van der Waals surface area contributed by atoms with E-state index in [1.807, 2.05) is 29.3 Å². The Bertz CT molecular complexity index is 663. The van der Waals surface area contributed by atoms with Crippen molar-refractivity contribution in [2.75, 3.05) is 13.2 Å². The van der Waals surface area contributed by atoms with Crippen molar-refractivity contribution in [3.8, 4) is 0 Å². The van der Waals surface area contributed by atoms with Crippen molar-refractivity contribution in [3.63, 3.8) is 0 Å². The van der Waals surface area contributed by atoms with Gasteiger partial charge in [0.15, 0.2) is 0 Å². The molecule has 0 saturated carbocycles. The predicted octanol–water partition coefficient (Wildman–Crippen LogP) is 3.01. The Morgan fingerprint density at radius 2 is 2.23 bits per heavy atom. The van der Waals surface area contributed by atoms with Crippen LogP contribution >= 0.6 is 0 Å². The van der Waals surface area contributed by atoms with Crippen molar-refractivity contribution in [1.82, 2.24) is 9.88 Å². The molecular formula is C18H22N2O2. The highest BCUT2D eigenvalue weighted by Crippen LogP contribution is 2.20. The molecule has 1 saturated heterocycles. The quantitative estimate of drug-likeness (QED) is 0.871. The molecule has 0 radical (unpaired) electrons. The van der Waals surface area contributed by atoms with Crippen LogP contribution in [0.15, 0.2) is 36.5 Å². The monoisotopic (exact) mass is 298 g/mol. The summed E-state index contributed by atoms with van der Waals surface area (Å²) in [7, 11) is 0. The number of carbonyl (C=O) groups is 1. The van der Waals surface area contributed by atoms with Crippen LogP contribution in [0, 0.1) is 5.92 Å². The zero-order chi connectivity index (χ0) is 15.5. The molecule has 0 aliphatic carbocycles. The molecule has 116 valence electrons. The number of carbonyl (C=O) groups excluding carboxylic acids is 1. The van der Waals surface area contributed by atoms with Crippen LogP contribution in [0.5, 0.6) is 0 Å². The normalized spacial score (nSPS) is 18.0. The number of rotatable bonds is 4. The SMILES string of the molecule is CC(C)N(Cc1cnc2ccccc2c1)C(=O)[C@H]1CCOC1. The summed E-state index contributed by atoms with van der Waals surface area (Å²) in [6.45, 7) is 5.97. The van der Waals surface area contributed by atoms with E-state index in [4.69, 9.17) is 4.74 Å². The molecule has 2 heterocycles. The van der Waals surface area contributed by atoms with Crippen molar-refractivity contribution in [1.29, 1.82) is 0 Å². The highest BCUT2D eigenvalue weighted by molar-refractivity contribution is 5.80. The van der Waals surface area contributed by atoms with Gasteiger partial charge in [0.1, 0.15) is 0 Å². The lowest BCUT2D eigenvalue weighted by molar-refractivity contribution is -0.137. The van der Waals surface area contributed by atoms with Gasteiger partial charge in [-0.1, -0.05) is 18.2 Å². The molecule has 1 fully saturated rings. The van der Waals surface area contributed by atoms with Crippen molar-refractivity contribution in [2.24, 2.45) is 5.92 Å². The summed E-state index contributed by atoms with van der Waals surface area (Å²) in [6, 6.07) is 10.3. The molecule has 1 amide bonds. The minimum atomic E-state index is 0.0100. The molecule has 0 bridgehead atoms. The zero-order valence-corrected chi connectivity index (χ0v) is 13.2. The van der Waals surface area contributed by atoms with Crippen molar-refractivity contribution < 1.29 is 9.53 Å². The molecule has 22 heavy (non-hydrogen) atoms. The molecule has 4 nitrogen and oxygen atoms in total. The van der Waals surface area contributed by atoms with Crippen molar-refractivity contribution >= 4 is 16.8 Å². The fourth-order valence-electron chi connectivity index (χ4n) is 2.88. The van der Waals surface area contributed by atoms with Gasteiger partial charge in [0.05, 0.1) is 18.0 Å². The Hall–Kier alpha value is -1.94. The van der Waals surface area contributed by atoms with Gasteiger partial charge >= 0.3 is 0 Å². The summed E-state index contributed by atoms with van der Waals surface area (Å²) >= 11 is 0. The Labute approximate surface area is 131 Å². The number of nitrogens with zero attached hydrogens (tertiary/aromatic N) is 2. The number of aromatic nitrogens is 1. The first-order valence-electron chi connectivity index (χ1n) is 7.87. The largest absolute Gasteiger partial charge is 0.381 e. The highest BCUT2D eigenvalue weighted by Gasteiger charge is 2.29. The number of amides is 1. The summed E-state index contributed by atoms with van der Waals surface area (Å²) in [5.74, 6) is 0.205. The smallest absolute Gasteiger partial charge is 0.228 e. The van der Waals surface area contributed by atoms with Crippen molar-refractivity contribution in [2.45, 2.75) is 32.9 Å². The van der Waals surface area contributed by atoms with E-state index in [1.165, 1.54) is 0 Å². The molecule has 3 rings (SSSR count). The van der Waals surface area contributed by atoms with Crippen LogP contribution in [-0.2, 0) is 16.1 Å². The third-order valence-electron chi connectivity index (χ3n) is 4.19. The predicted molar refractivity (Wildman–Crippen MR) is 86.4 cm³/mol. The molecule has 0 N–H and O–H groups in total. The van der Waals surface area contributed by atoms with Crippen molar-refractivity contribution in [3.05, 3.63) is 42.1 Å². The first kappa shape index (κ1) is 15.0. The van der Waals surface area contributed by atoms with Crippen LogP contribution in [0.1, 0.15) is 25.8 Å². The Balaban J connectivity index is 1.81. The summed E-state index contributed by atoms with van der Waals surface area (Å²) in [4.78, 5) is 19.1. The highest BCUT2D eigenvalue weighted by atomic mass is 16.5. The number of hydrogen-bond donors (Lipinski definition) is 0. The van der Waals surface area contributed by atoms with Gasteiger partial charge in [0, 0.05) is 30.8 Å². The third kappa shape index (κ3) is 3.12. The van der Waals surface area contributed by atoms with Crippen LogP contribution in [-0.4, -0.2) is 35.0 Å². The summed E-state index contributed by atoms with van der Waals surface area (Å²) in [6.07, 6.45) is 2.70. The van der Waals surface area contributed by atoms with E-state index in [-0.39, 0.29) is 17.9 Å². The van der Waals surface area contributed by atoms with Crippen LogP contribution in [0.2, 0.25) is 0 Å². The van der Waals surface area contributed by atoms with E-state index in [2.05, 4.69) is 31.0 Å². The van der Waals surface area contributed by atoms with Gasteiger partial charge < -0.3 is 9.64 Å².